The number of halogens is 1. The van der Waals surface area contributed by atoms with Crippen LogP contribution < -0.4 is 16.1 Å². The Morgan fingerprint density at radius 1 is 0.897 bits per heavy atom. The summed E-state index contributed by atoms with van der Waals surface area (Å²) in [7, 11) is 0. The number of pyridine rings is 1. The van der Waals surface area contributed by atoms with Crippen LogP contribution in [0.3, 0.4) is 0 Å². The molecule has 0 aliphatic rings. The summed E-state index contributed by atoms with van der Waals surface area (Å²) in [6, 6.07) is 18.6. The van der Waals surface area contributed by atoms with Crippen molar-refractivity contribution in [3.63, 3.8) is 0 Å². The molecule has 0 bridgehead atoms. The minimum atomic E-state index is -0.283. The number of anilines is 2. The lowest BCUT2D eigenvalue weighted by molar-refractivity contribution is 0.0954. The van der Waals surface area contributed by atoms with E-state index in [1.54, 1.807) is 24.5 Å². The third-order valence-corrected chi connectivity index (χ3v) is 4.66. The molecule has 3 aromatic rings. The van der Waals surface area contributed by atoms with Gasteiger partial charge in [0.15, 0.2) is 5.11 Å². The maximum absolute atomic E-state index is 12.0. The third kappa shape index (κ3) is 6.20. The van der Waals surface area contributed by atoms with E-state index in [1.165, 1.54) is 0 Å². The van der Waals surface area contributed by atoms with E-state index in [9.17, 15) is 4.79 Å². The number of nitrogens with zero attached hydrogens (tertiary/aromatic N) is 2. The lowest BCUT2D eigenvalue weighted by Gasteiger charge is -2.11. The second kappa shape index (κ2) is 9.90. The lowest BCUT2D eigenvalue weighted by Crippen LogP contribution is -2.19. The molecular weight excluding hydrogens is 450 g/mol. The molecule has 2 aromatic carbocycles. The summed E-state index contributed by atoms with van der Waals surface area (Å²) in [4.78, 5) is 15.9. The van der Waals surface area contributed by atoms with Crippen LogP contribution in [0.4, 0.5) is 11.4 Å². The van der Waals surface area contributed by atoms with Crippen LogP contribution >= 0.6 is 28.1 Å². The minimum absolute atomic E-state index is 0.283. The third-order valence-electron chi connectivity index (χ3n) is 3.93. The van der Waals surface area contributed by atoms with Crippen molar-refractivity contribution >= 4 is 56.3 Å². The predicted molar refractivity (Wildman–Crippen MR) is 124 cm³/mol. The first kappa shape index (κ1) is 20.6. The van der Waals surface area contributed by atoms with Gasteiger partial charge in [-0.1, -0.05) is 28.1 Å². The molecular formula is C21H18BrN5OS. The maximum Gasteiger partial charge on any atom is 0.271 e. The van der Waals surface area contributed by atoms with Gasteiger partial charge in [-0.05, 0) is 73.2 Å². The van der Waals surface area contributed by atoms with Crippen molar-refractivity contribution in [2.24, 2.45) is 5.10 Å². The summed E-state index contributed by atoms with van der Waals surface area (Å²) in [5.41, 5.74) is 6.37. The molecule has 0 unspecified atom stereocenters. The van der Waals surface area contributed by atoms with Crippen LogP contribution in [-0.4, -0.2) is 21.7 Å². The van der Waals surface area contributed by atoms with E-state index in [-0.39, 0.29) is 5.91 Å². The highest BCUT2D eigenvalue weighted by atomic mass is 79.9. The molecule has 0 aliphatic heterocycles. The smallest absolute Gasteiger partial charge is 0.271 e. The standard InChI is InChI=1S/C21H18BrN5OS/c1-14(26-27-20(28)16-10-12-23-13-11-16)15-2-6-18(7-3-15)24-21(29)25-19-8-4-17(22)5-9-19/h2-13H,1H3,(H,27,28)(H2,24,25,29)/b26-14-. The number of carbonyl (C=O) groups is 1. The average molecular weight is 468 g/mol. The molecule has 8 heteroatoms. The first-order valence-corrected chi connectivity index (χ1v) is 9.90. The molecule has 1 aromatic heterocycles. The lowest BCUT2D eigenvalue weighted by atomic mass is 10.1. The SMILES string of the molecule is C/C(=N/NC(=O)c1ccncc1)c1ccc(NC(=S)Nc2ccc(Br)cc2)cc1. The van der Waals surface area contributed by atoms with Gasteiger partial charge in [-0.2, -0.15) is 5.10 Å². The minimum Gasteiger partial charge on any atom is -0.332 e. The van der Waals surface area contributed by atoms with Crippen molar-refractivity contribution < 1.29 is 4.79 Å². The van der Waals surface area contributed by atoms with E-state index in [1.807, 2.05) is 55.5 Å². The number of hydrazone groups is 1. The van der Waals surface area contributed by atoms with E-state index in [2.05, 4.69) is 42.1 Å². The van der Waals surface area contributed by atoms with Crippen LogP contribution in [0.2, 0.25) is 0 Å². The molecule has 146 valence electrons. The molecule has 0 saturated heterocycles. The molecule has 0 saturated carbocycles. The Kier molecular flexibility index (Phi) is 7.04. The summed E-state index contributed by atoms with van der Waals surface area (Å²) in [6.07, 6.45) is 3.13. The van der Waals surface area contributed by atoms with E-state index >= 15 is 0 Å². The Balaban J connectivity index is 1.56. The zero-order chi connectivity index (χ0) is 20.6. The molecule has 0 radical (unpaired) electrons. The Hall–Kier alpha value is -3.10. The number of carbonyl (C=O) groups excluding carboxylic acids is 1. The Bertz CT molecular complexity index is 1020. The second-order valence-electron chi connectivity index (χ2n) is 6.04. The fraction of sp³-hybridized carbons (Fsp3) is 0.0476. The number of amides is 1. The zero-order valence-corrected chi connectivity index (χ0v) is 17.9. The zero-order valence-electron chi connectivity index (χ0n) is 15.5. The van der Waals surface area contributed by atoms with Gasteiger partial charge < -0.3 is 10.6 Å². The maximum atomic E-state index is 12.0. The highest BCUT2D eigenvalue weighted by Crippen LogP contribution is 2.15. The van der Waals surface area contributed by atoms with Gasteiger partial charge >= 0.3 is 0 Å². The number of hydrogen-bond acceptors (Lipinski definition) is 4. The summed E-state index contributed by atoms with van der Waals surface area (Å²) >= 11 is 8.75. The van der Waals surface area contributed by atoms with Gasteiger partial charge in [0.1, 0.15) is 0 Å². The van der Waals surface area contributed by atoms with Crippen molar-refractivity contribution in [3.05, 3.63) is 88.7 Å². The Morgan fingerprint density at radius 2 is 1.45 bits per heavy atom. The van der Waals surface area contributed by atoms with Crippen LogP contribution in [0.15, 0.2) is 82.6 Å². The van der Waals surface area contributed by atoms with Crippen LogP contribution in [0.25, 0.3) is 0 Å². The number of thiocarbonyl (C=S) groups is 1. The number of hydrogen-bond donors (Lipinski definition) is 3. The summed E-state index contributed by atoms with van der Waals surface area (Å²) in [5.74, 6) is -0.283. The van der Waals surface area contributed by atoms with Crippen molar-refractivity contribution in [3.8, 4) is 0 Å². The number of aromatic nitrogens is 1. The largest absolute Gasteiger partial charge is 0.332 e. The van der Waals surface area contributed by atoms with Gasteiger partial charge in [-0.3, -0.25) is 9.78 Å². The Morgan fingerprint density at radius 3 is 2.03 bits per heavy atom. The van der Waals surface area contributed by atoms with Gasteiger partial charge in [0.25, 0.3) is 5.91 Å². The van der Waals surface area contributed by atoms with Crippen LogP contribution in [0.1, 0.15) is 22.8 Å². The van der Waals surface area contributed by atoms with Gasteiger partial charge in [-0.15, -0.1) is 0 Å². The van der Waals surface area contributed by atoms with Crippen LogP contribution in [0.5, 0.6) is 0 Å². The highest BCUT2D eigenvalue weighted by Gasteiger charge is 2.05. The molecule has 0 aliphatic carbocycles. The normalized spacial score (nSPS) is 10.9. The number of benzene rings is 2. The Labute approximate surface area is 182 Å². The molecule has 3 rings (SSSR count). The van der Waals surface area contributed by atoms with Crippen LogP contribution in [0, 0.1) is 0 Å². The monoisotopic (exact) mass is 467 g/mol. The quantitative estimate of drug-likeness (QED) is 0.285. The fourth-order valence-electron chi connectivity index (χ4n) is 2.39. The molecule has 1 heterocycles. The molecule has 0 spiro atoms. The summed E-state index contributed by atoms with van der Waals surface area (Å²) < 4.78 is 1.01. The van der Waals surface area contributed by atoms with Gasteiger partial charge in [0.05, 0.1) is 5.71 Å². The molecule has 6 nitrogen and oxygen atoms in total. The predicted octanol–water partition coefficient (Wildman–Crippen LogP) is 4.81. The van der Waals surface area contributed by atoms with Crippen molar-refractivity contribution in [1.29, 1.82) is 0 Å². The number of rotatable bonds is 5. The van der Waals surface area contributed by atoms with Crippen molar-refractivity contribution in [1.82, 2.24) is 10.4 Å². The first-order chi connectivity index (χ1) is 14.0. The molecule has 1 amide bonds. The fourth-order valence-corrected chi connectivity index (χ4v) is 2.89. The summed E-state index contributed by atoms with van der Waals surface area (Å²) in [6.45, 7) is 1.83. The highest BCUT2D eigenvalue weighted by molar-refractivity contribution is 9.10. The van der Waals surface area contributed by atoms with Gasteiger partial charge in [-0.25, -0.2) is 5.43 Å². The molecule has 29 heavy (non-hydrogen) atoms. The topological polar surface area (TPSA) is 78.4 Å². The van der Waals surface area contributed by atoms with E-state index in [4.69, 9.17) is 12.2 Å². The first-order valence-electron chi connectivity index (χ1n) is 8.70. The second-order valence-corrected chi connectivity index (χ2v) is 7.36. The average Bonchev–Trinajstić information content (AvgIpc) is 2.74. The van der Waals surface area contributed by atoms with E-state index in [0.29, 0.717) is 16.4 Å². The molecule has 0 fully saturated rings. The summed E-state index contributed by atoms with van der Waals surface area (Å²) in [5, 5.41) is 10.9. The van der Waals surface area contributed by atoms with Crippen molar-refractivity contribution in [2.45, 2.75) is 6.92 Å². The molecule has 0 atom stereocenters. The van der Waals surface area contributed by atoms with Crippen molar-refractivity contribution in [2.75, 3.05) is 10.6 Å². The number of nitrogens with one attached hydrogen (secondary N) is 3. The van der Waals surface area contributed by atoms with Crippen LogP contribution in [-0.2, 0) is 0 Å². The van der Waals surface area contributed by atoms with E-state index < -0.39 is 0 Å². The van der Waals surface area contributed by atoms with Gasteiger partial charge in [0, 0.05) is 33.8 Å². The van der Waals surface area contributed by atoms with E-state index in [0.717, 1.165) is 21.4 Å². The molecule has 3 N–H and O–H groups in total. The van der Waals surface area contributed by atoms with Gasteiger partial charge in [0.2, 0.25) is 0 Å².